The lowest BCUT2D eigenvalue weighted by Gasteiger charge is -2.19. The lowest BCUT2D eigenvalue weighted by molar-refractivity contribution is -0.274. The van der Waals surface area contributed by atoms with Gasteiger partial charge in [-0.25, -0.2) is 4.79 Å². The minimum Gasteiger partial charge on any atom is -0.465 e. The van der Waals surface area contributed by atoms with Crippen molar-refractivity contribution in [2.24, 2.45) is 17.0 Å². The Morgan fingerprint density at radius 1 is 1.09 bits per heavy atom. The molecule has 2 aromatic rings. The van der Waals surface area contributed by atoms with E-state index in [1.807, 2.05) is 0 Å². The first-order chi connectivity index (χ1) is 16.7. The first-order valence-corrected chi connectivity index (χ1v) is 11.3. The lowest BCUT2D eigenvalue weighted by Crippen LogP contribution is -2.34. The van der Waals surface area contributed by atoms with Gasteiger partial charge in [-0.15, -0.1) is 13.2 Å². The summed E-state index contributed by atoms with van der Waals surface area (Å²) in [5, 5.41) is 7.16. The van der Waals surface area contributed by atoms with Gasteiger partial charge >= 0.3 is 12.3 Å². The predicted octanol–water partition coefficient (Wildman–Crippen LogP) is 4.92. The fraction of sp³-hybridized carbons (Fsp3) is 0.400. The van der Waals surface area contributed by atoms with E-state index in [9.17, 15) is 22.8 Å². The Morgan fingerprint density at radius 2 is 1.80 bits per heavy atom. The minimum atomic E-state index is -4.74. The fourth-order valence-corrected chi connectivity index (χ4v) is 4.55. The summed E-state index contributed by atoms with van der Waals surface area (Å²) in [5.74, 6) is -1.11. The van der Waals surface area contributed by atoms with E-state index >= 15 is 0 Å². The van der Waals surface area contributed by atoms with Gasteiger partial charge in [0.1, 0.15) is 5.75 Å². The lowest BCUT2D eigenvalue weighted by atomic mass is 9.87. The Kier molecular flexibility index (Phi) is 7.28. The SMILES string of the molecule is COC(=O)c1ccc(C2CC([C@@H]3CCC[C@H]3C(=O)NCc3ccc(OC(F)(F)F)cc3)=NO2)cc1. The molecule has 1 saturated carbocycles. The fourth-order valence-electron chi connectivity index (χ4n) is 4.55. The summed E-state index contributed by atoms with van der Waals surface area (Å²) in [7, 11) is 1.33. The van der Waals surface area contributed by atoms with Crippen molar-refractivity contribution in [2.45, 2.75) is 44.7 Å². The number of hydrogen-bond acceptors (Lipinski definition) is 6. The molecule has 2 aliphatic rings. The van der Waals surface area contributed by atoms with E-state index in [0.29, 0.717) is 17.5 Å². The van der Waals surface area contributed by atoms with Crippen LogP contribution < -0.4 is 10.1 Å². The maximum atomic E-state index is 12.9. The molecule has 0 aromatic heterocycles. The second-order valence-corrected chi connectivity index (χ2v) is 8.55. The van der Waals surface area contributed by atoms with E-state index < -0.39 is 12.3 Å². The van der Waals surface area contributed by atoms with Gasteiger partial charge in [0.05, 0.1) is 18.4 Å². The monoisotopic (exact) mass is 490 g/mol. The summed E-state index contributed by atoms with van der Waals surface area (Å²) in [6.07, 6.45) is -2.01. The van der Waals surface area contributed by atoms with Gasteiger partial charge in [0, 0.05) is 24.8 Å². The highest BCUT2D eigenvalue weighted by atomic mass is 19.4. The number of rotatable bonds is 7. The highest BCUT2D eigenvalue weighted by molar-refractivity contribution is 5.93. The highest BCUT2D eigenvalue weighted by Gasteiger charge is 2.39. The minimum absolute atomic E-state index is 0.0306. The van der Waals surface area contributed by atoms with Gasteiger partial charge in [-0.2, -0.15) is 0 Å². The first kappa shape index (κ1) is 24.6. The molecule has 0 saturated heterocycles. The molecule has 0 radical (unpaired) electrons. The maximum absolute atomic E-state index is 12.9. The van der Waals surface area contributed by atoms with Gasteiger partial charge in [-0.05, 0) is 48.2 Å². The largest absolute Gasteiger partial charge is 0.573 e. The smallest absolute Gasteiger partial charge is 0.465 e. The second kappa shape index (κ2) is 10.4. The number of hydrogen-bond donors (Lipinski definition) is 1. The molecular weight excluding hydrogens is 465 g/mol. The number of carbonyl (C=O) groups is 2. The standard InChI is InChI=1S/C25H25F3N2O5/c1-33-24(32)17-9-7-16(8-10-17)22-13-21(30-35-22)19-3-2-4-20(19)23(31)29-14-15-5-11-18(12-6-15)34-25(26,27)28/h5-12,19-20,22H,2-4,13-14H2,1H3,(H,29,31)/t19-,20-,22?/m1/s1. The van der Waals surface area contributed by atoms with Gasteiger partial charge in [-0.3, -0.25) is 4.79 Å². The number of halogens is 3. The average Bonchev–Trinajstić information content (AvgIpc) is 3.52. The third kappa shape index (κ3) is 6.12. The molecule has 1 aliphatic heterocycles. The third-order valence-electron chi connectivity index (χ3n) is 6.30. The van der Waals surface area contributed by atoms with Crippen molar-refractivity contribution in [3.8, 4) is 5.75 Å². The molecule has 1 unspecified atom stereocenters. The number of benzene rings is 2. The van der Waals surface area contributed by atoms with Crippen LogP contribution in [0.1, 0.15) is 53.3 Å². The molecule has 3 atom stereocenters. The molecule has 0 bridgehead atoms. The zero-order valence-corrected chi connectivity index (χ0v) is 19.0. The zero-order chi connectivity index (χ0) is 25.0. The predicted molar refractivity (Wildman–Crippen MR) is 119 cm³/mol. The molecule has 10 heteroatoms. The van der Waals surface area contributed by atoms with Crippen molar-refractivity contribution in [2.75, 3.05) is 7.11 Å². The number of alkyl halides is 3. The molecule has 1 fully saturated rings. The number of carbonyl (C=O) groups excluding carboxylic acids is 2. The Hall–Kier alpha value is -3.56. The summed E-state index contributed by atoms with van der Waals surface area (Å²) in [6, 6.07) is 12.4. The summed E-state index contributed by atoms with van der Waals surface area (Å²) in [4.78, 5) is 30.2. The van der Waals surface area contributed by atoms with Crippen LogP contribution in [-0.4, -0.2) is 31.1 Å². The van der Waals surface area contributed by atoms with Crippen molar-refractivity contribution >= 4 is 17.6 Å². The van der Waals surface area contributed by atoms with E-state index in [4.69, 9.17) is 9.57 Å². The Balaban J connectivity index is 1.31. The van der Waals surface area contributed by atoms with Crippen LogP contribution in [0.4, 0.5) is 13.2 Å². The number of oxime groups is 1. The quantitative estimate of drug-likeness (QED) is 0.557. The Labute approximate surface area is 200 Å². The number of amides is 1. The number of nitrogens with one attached hydrogen (secondary N) is 1. The van der Waals surface area contributed by atoms with Gasteiger partial charge in [0.25, 0.3) is 0 Å². The number of methoxy groups -OCH3 is 1. The Bertz CT molecular complexity index is 1080. The summed E-state index contributed by atoms with van der Waals surface area (Å²) < 4.78 is 45.5. The molecule has 7 nitrogen and oxygen atoms in total. The molecular formula is C25H25F3N2O5. The van der Waals surface area contributed by atoms with Crippen LogP contribution in [0.3, 0.4) is 0 Å². The zero-order valence-electron chi connectivity index (χ0n) is 19.0. The molecule has 186 valence electrons. The summed E-state index contributed by atoms with van der Waals surface area (Å²) in [6.45, 7) is 0.201. The van der Waals surface area contributed by atoms with Crippen LogP contribution in [0.25, 0.3) is 0 Å². The summed E-state index contributed by atoms with van der Waals surface area (Å²) in [5.41, 5.74) is 2.84. The molecule has 1 amide bonds. The van der Waals surface area contributed by atoms with Crippen LogP contribution in [0.5, 0.6) is 5.75 Å². The average molecular weight is 490 g/mol. The van der Waals surface area contributed by atoms with Gasteiger partial charge in [0.2, 0.25) is 5.91 Å². The van der Waals surface area contributed by atoms with Crippen LogP contribution >= 0.6 is 0 Å². The molecule has 1 aliphatic carbocycles. The van der Waals surface area contributed by atoms with Crippen molar-refractivity contribution in [3.63, 3.8) is 0 Å². The van der Waals surface area contributed by atoms with Crippen molar-refractivity contribution in [3.05, 3.63) is 65.2 Å². The summed E-state index contributed by atoms with van der Waals surface area (Å²) >= 11 is 0. The normalized spacial score (nSPS) is 21.7. The van der Waals surface area contributed by atoms with E-state index in [-0.39, 0.29) is 36.1 Å². The third-order valence-corrected chi connectivity index (χ3v) is 6.30. The van der Waals surface area contributed by atoms with Crippen molar-refractivity contribution in [1.29, 1.82) is 0 Å². The topological polar surface area (TPSA) is 86.2 Å². The first-order valence-electron chi connectivity index (χ1n) is 11.3. The van der Waals surface area contributed by atoms with E-state index in [1.54, 1.807) is 24.3 Å². The van der Waals surface area contributed by atoms with Crippen LogP contribution in [-0.2, 0) is 20.9 Å². The van der Waals surface area contributed by atoms with Crippen LogP contribution in [0.15, 0.2) is 53.7 Å². The second-order valence-electron chi connectivity index (χ2n) is 8.55. The van der Waals surface area contributed by atoms with Gasteiger partial charge in [0.15, 0.2) is 6.10 Å². The van der Waals surface area contributed by atoms with Gasteiger partial charge in [-0.1, -0.05) is 35.8 Å². The maximum Gasteiger partial charge on any atom is 0.573 e. The van der Waals surface area contributed by atoms with Crippen LogP contribution in [0.2, 0.25) is 0 Å². The molecule has 0 spiro atoms. The van der Waals surface area contributed by atoms with Gasteiger partial charge < -0.3 is 19.6 Å². The molecule has 1 heterocycles. The number of ether oxygens (including phenoxy) is 2. The van der Waals surface area contributed by atoms with Crippen molar-refractivity contribution < 1.29 is 37.1 Å². The molecule has 35 heavy (non-hydrogen) atoms. The Morgan fingerprint density at radius 3 is 2.46 bits per heavy atom. The molecule has 4 rings (SSSR count). The van der Waals surface area contributed by atoms with Crippen LogP contribution in [0, 0.1) is 11.8 Å². The van der Waals surface area contributed by atoms with E-state index in [1.165, 1.54) is 31.4 Å². The number of nitrogens with zero attached hydrogens (tertiary/aromatic N) is 1. The molecule has 2 aromatic carbocycles. The van der Waals surface area contributed by atoms with Crippen molar-refractivity contribution in [1.82, 2.24) is 5.32 Å². The highest BCUT2D eigenvalue weighted by Crippen LogP contribution is 2.39. The number of esters is 1. The van der Waals surface area contributed by atoms with E-state index in [2.05, 4.69) is 15.2 Å². The van der Waals surface area contributed by atoms with E-state index in [0.717, 1.165) is 30.5 Å². The molecule has 1 N–H and O–H groups in total.